The highest BCUT2D eigenvalue weighted by Gasteiger charge is 2.20. The average Bonchev–Trinajstić information content (AvgIpc) is 2.83. The van der Waals surface area contributed by atoms with Gasteiger partial charge in [-0.05, 0) is 22.2 Å². The summed E-state index contributed by atoms with van der Waals surface area (Å²) in [5.41, 5.74) is 19.9. The van der Waals surface area contributed by atoms with Crippen LogP contribution in [0.25, 0.3) is 20.9 Å². The standard InChI is InChI=1S/C22H28N6O4/c23-27-25-21(17-31-13-11-29-15-19-7-3-1-4-8-19)22(26-28-24)18-32-14-12-30-16-20-9-5-2-6-10-20/h1-10,21-22H,11-18H2/t21-,22-/m1/s1. The molecule has 0 aliphatic heterocycles. The predicted molar refractivity (Wildman–Crippen MR) is 120 cm³/mol. The number of benzene rings is 2. The van der Waals surface area contributed by atoms with Crippen molar-refractivity contribution < 1.29 is 18.9 Å². The Kier molecular flexibility index (Phi) is 13.0. The number of hydrogen-bond donors (Lipinski definition) is 0. The zero-order valence-corrected chi connectivity index (χ0v) is 17.9. The predicted octanol–water partition coefficient (Wildman–Crippen LogP) is 4.81. The molecule has 2 aromatic carbocycles. The van der Waals surface area contributed by atoms with E-state index in [1.807, 2.05) is 60.7 Å². The van der Waals surface area contributed by atoms with E-state index >= 15 is 0 Å². The van der Waals surface area contributed by atoms with Crippen LogP contribution in [0.15, 0.2) is 70.9 Å². The highest BCUT2D eigenvalue weighted by molar-refractivity contribution is 5.14. The Labute approximate surface area is 187 Å². The smallest absolute Gasteiger partial charge is 0.0718 e. The Morgan fingerprint density at radius 1 is 0.594 bits per heavy atom. The summed E-state index contributed by atoms with van der Waals surface area (Å²) in [6.07, 6.45) is 0. The third kappa shape index (κ3) is 10.8. The molecule has 0 N–H and O–H groups in total. The Hall–Kier alpha value is -3.10. The fourth-order valence-corrected chi connectivity index (χ4v) is 2.75. The number of nitrogens with zero attached hydrogens (tertiary/aromatic N) is 6. The van der Waals surface area contributed by atoms with Gasteiger partial charge in [0, 0.05) is 9.82 Å². The third-order valence-electron chi connectivity index (χ3n) is 4.39. The van der Waals surface area contributed by atoms with Crippen molar-refractivity contribution in [3.05, 3.63) is 92.7 Å². The summed E-state index contributed by atoms with van der Waals surface area (Å²) >= 11 is 0. The van der Waals surface area contributed by atoms with Crippen LogP contribution in [-0.4, -0.2) is 51.7 Å². The van der Waals surface area contributed by atoms with Crippen LogP contribution in [0.5, 0.6) is 0 Å². The van der Waals surface area contributed by atoms with E-state index in [4.69, 9.17) is 30.0 Å². The lowest BCUT2D eigenvalue weighted by molar-refractivity contribution is 0.0180. The highest BCUT2D eigenvalue weighted by Crippen LogP contribution is 2.08. The Morgan fingerprint density at radius 3 is 1.34 bits per heavy atom. The second kappa shape index (κ2) is 16.6. The number of azide groups is 2. The highest BCUT2D eigenvalue weighted by atomic mass is 16.5. The molecule has 2 aromatic rings. The summed E-state index contributed by atoms with van der Waals surface area (Å²) in [6.45, 7) is 2.59. The van der Waals surface area contributed by atoms with E-state index in [0.29, 0.717) is 39.6 Å². The molecule has 0 aliphatic carbocycles. The van der Waals surface area contributed by atoms with Gasteiger partial charge in [-0.25, -0.2) is 0 Å². The maximum atomic E-state index is 8.85. The molecule has 0 bridgehead atoms. The minimum atomic E-state index is -0.685. The van der Waals surface area contributed by atoms with Gasteiger partial charge in [0.25, 0.3) is 0 Å². The normalized spacial score (nSPS) is 12.4. The molecule has 0 fully saturated rings. The molecule has 0 aromatic heterocycles. The summed E-state index contributed by atoms with van der Waals surface area (Å²) in [5, 5.41) is 7.40. The van der Waals surface area contributed by atoms with Crippen molar-refractivity contribution in [2.45, 2.75) is 25.3 Å². The first-order valence-corrected chi connectivity index (χ1v) is 10.3. The molecule has 0 heterocycles. The zero-order chi connectivity index (χ0) is 22.7. The van der Waals surface area contributed by atoms with Crippen molar-refractivity contribution in [1.29, 1.82) is 0 Å². The summed E-state index contributed by atoms with van der Waals surface area (Å²) < 4.78 is 22.2. The van der Waals surface area contributed by atoms with Gasteiger partial charge in [0.05, 0.1) is 64.9 Å². The van der Waals surface area contributed by atoms with Gasteiger partial charge < -0.3 is 18.9 Å². The minimum Gasteiger partial charge on any atom is -0.379 e. The van der Waals surface area contributed by atoms with E-state index in [9.17, 15) is 0 Å². The van der Waals surface area contributed by atoms with Gasteiger partial charge in [-0.1, -0.05) is 70.9 Å². The molecule has 10 nitrogen and oxygen atoms in total. The summed E-state index contributed by atoms with van der Waals surface area (Å²) in [6, 6.07) is 18.3. The van der Waals surface area contributed by atoms with Crippen LogP contribution in [0.1, 0.15) is 11.1 Å². The SMILES string of the molecule is [N-]=[N+]=N[C@H](COCCOCc1ccccc1)[C@@H](COCCOCc1ccccc1)N=[N+]=[N-]. The van der Waals surface area contributed by atoms with Crippen molar-refractivity contribution >= 4 is 0 Å². The Morgan fingerprint density at radius 2 is 0.969 bits per heavy atom. The topological polar surface area (TPSA) is 134 Å². The fourth-order valence-electron chi connectivity index (χ4n) is 2.75. The van der Waals surface area contributed by atoms with Crippen LogP contribution in [0.4, 0.5) is 0 Å². The first kappa shape index (κ1) is 25.2. The third-order valence-corrected chi connectivity index (χ3v) is 4.39. The average molecular weight is 441 g/mol. The van der Waals surface area contributed by atoms with Crippen LogP contribution in [-0.2, 0) is 32.2 Å². The Balaban J connectivity index is 1.64. The van der Waals surface area contributed by atoms with Crippen LogP contribution >= 0.6 is 0 Å². The van der Waals surface area contributed by atoms with Gasteiger partial charge in [0.1, 0.15) is 0 Å². The van der Waals surface area contributed by atoms with E-state index in [0.717, 1.165) is 11.1 Å². The van der Waals surface area contributed by atoms with Crippen molar-refractivity contribution in [2.24, 2.45) is 10.2 Å². The van der Waals surface area contributed by atoms with E-state index in [-0.39, 0.29) is 13.2 Å². The van der Waals surface area contributed by atoms with Gasteiger partial charge in [-0.2, -0.15) is 0 Å². The second-order valence-electron chi connectivity index (χ2n) is 6.77. The van der Waals surface area contributed by atoms with Gasteiger partial charge in [0.15, 0.2) is 0 Å². The molecule has 0 aliphatic rings. The molecule has 0 unspecified atom stereocenters. The molecule has 0 amide bonds. The quantitative estimate of drug-likeness (QED) is 0.151. The lowest BCUT2D eigenvalue weighted by Gasteiger charge is -2.19. The van der Waals surface area contributed by atoms with E-state index in [2.05, 4.69) is 20.1 Å². The molecule has 2 atom stereocenters. The molecule has 2 rings (SSSR count). The molecule has 170 valence electrons. The molecule has 0 saturated heterocycles. The molecule has 0 saturated carbocycles. The monoisotopic (exact) mass is 440 g/mol. The lowest BCUT2D eigenvalue weighted by Crippen LogP contribution is -2.32. The molecule has 0 spiro atoms. The molecular formula is C22H28N6O4. The van der Waals surface area contributed by atoms with Gasteiger partial charge in [-0.15, -0.1) is 0 Å². The van der Waals surface area contributed by atoms with Gasteiger partial charge in [-0.3, -0.25) is 0 Å². The maximum Gasteiger partial charge on any atom is 0.0718 e. The fraction of sp³-hybridized carbons (Fsp3) is 0.455. The summed E-state index contributed by atoms with van der Waals surface area (Å²) in [7, 11) is 0. The number of hydrogen-bond acceptors (Lipinski definition) is 6. The van der Waals surface area contributed by atoms with Crippen LogP contribution < -0.4 is 0 Å². The van der Waals surface area contributed by atoms with Gasteiger partial charge >= 0.3 is 0 Å². The van der Waals surface area contributed by atoms with E-state index in [1.165, 1.54) is 0 Å². The lowest BCUT2D eigenvalue weighted by atomic mass is 10.1. The minimum absolute atomic E-state index is 0.0936. The number of ether oxygens (including phenoxy) is 4. The van der Waals surface area contributed by atoms with Crippen LogP contribution in [0.3, 0.4) is 0 Å². The van der Waals surface area contributed by atoms with E-state index in [1.54, 1.807) is 0 Å². The van der Waals surface area contributed by atoms with Gasteiger partial charge in [0.2, 0.25) is 0 Å². The second-order valence-corrected chi connectivity index (χ2v) is 6.77. The molecule has 10 heteroatoms. The molecule has 32 heavy (non-hydrogen) atoms. The maximum absolute atomic E-state index is 8.85. The number of rotatable bonds is 17. The van der Waals surface area contributed by atoms with Crippen molar-refractivity contribution in [3.63, 3.8) is 0 Å². The first-order valence-electron chi connectivity index (χ1n) is 10.3. The van der Waals surface area contributed by atoms with Crippen molar-refractivity contribution in [3.8, 4) is 0 Å². The summed E-state index contributed by atoms with van der Waals surface area (Å²) in [5.74, 6) is 0. The molecule has 0 radical (unpaired) electrons. The van der Waals surface area contributed by atoms with Crippen molar-refractivity contribution in [1.82, 2.24) is 0 Å². The largest absolute Gasteiger partial charge is 0.379 e. The zero-order valence-electron chi connectivity index (χ0n) is 17.9. The van der Waals surface area contributed by atoms with Crippen molar-refractivity contribution in [2.75, 3.05) is 39.6 Å². The summed E-state index contributed by atoms with van der Waals surface area (Å²) in [4.78, 5) is 5.67. The van der Waals surface area contributed by atoms with E-state index < -0.39 is 12.1 Å². The first-order chi connectivity index (χ1) is 15.8. The molecular weight excluding hydrogens is 412 g/mol. The van der Waals surface area contributed by atoms with Crippen LogP contribution in [0.2, 0.25) is 0 Å². The van der Waals surface area contributed by atoms with Crippen LogP contribution in [0, 0.1) is 0 Å². The Bertz CT molecular complexity index is 771.